The van der Waals surface area contributed by atoms with Crippen LogP contribution in [0.5, 0.6) is 0 Å². The molecule has 39 heavy (non-hydrogen) atoms. The van der Waals surface area contributed by atoms with E-state index in [4.69, 9.17) is 23.5 Å². The maximum Gasteiger partial charge on any atom is 0.328 e. The number of para-hydroxylation sites is 2. The predicted molar refractivity (Wildman–Crippen MR) is 158 cm³/mol. The van der Waals surface area contributed by atoms with E-state index in [-0.39, 0.29) is 6.61 Å². The summed E-state index contributed by atoms with van der Waals surface area (Å²) in [6.45, 7) is -1.03. The van der Waals surface area contributed by atoms with Gasteiger partial charge >= 0.3 is 11.9 Å². The number of aromatic amines is 2. The second kappa shape index (κ2) is 18.4. The van der Waals surface area contributed by atoms with Crippen LogP contribution >= 0.6 is 0 Å². The van der Waals surface area contributed by atoms with E-state index in [2.05, 4.69) is 22.1 Å². The zero-order chi connectivity index (χ0) is 34.2. The molecule has 0 bridgehead atoms. The molecule has 4 rings (SSSR count). The molecule has 212 valence electrons. The summed E-state index contributed by atoms with van der Waals surface area (Å²) >= 11 is 0. The van der Waals surface area contributed by atoms with Crippen LogP contribution in [-0.4, -0.2) is 94.8 Å². The summed E-state index contributed by atoms with van der Waals surface area (Å²) in [6, 6.07) is 16.1. The van der Waals surface area contributed by atoms with Gasteiger partial charge in [-0.3, -0.25) is 0 Å². The van der Waals surface area contributed by atoms with Gasteiger partial charge in [-0.1, -0.05) is 36.4 Å². The van der Waals surface area contributed by atoms with Crippen molar-refractivity contribution in [2.45, 2.75) is 19.8 Å². The molecule has 2 aromatic carbocycles. The number of carboxylic acids is 2. The molecule has 9 heteroatoms. The Balaban J connectivity index is 0.000000343. The van der Waals surface area contributed by atoms with Crippen LogP contribution in [0.1, 0.15) is 26.3 Å². The van der Waals surface area contributed by atoms with E-state index in [0.29, 0.717) is 25.2 Å². The van der Waals surface area contributed by atoms with Gasteiger partial charge in [-0.2, -0.15) is 0 Å². The quantitative estimate of drug-likeness (QED) is 0.209. The Hall–Kier alpha value is -3.92. The summed E-state index contributed by atoms with van der Waals surface area (Å²) in [5, 5.41) is 25.5. The number of nitrogens with one attached hydrogen (secondary N) is 2. The molecule has 0 unspecified atom stereocenters. The number of fused-ring (bicyclic) bond motifs is 2. The number of likely N-dealkylation sites (N-methyl/N-ethyl adjacent to an activating group) is 2. The van der Waals surface area contributed by atoms with Crippen molar-refractivity contribution in [3.8, 4) is 0 Å². The minimum Gasteiger partial charge on any atom is -0.478 e. The zero-order valence-corrected chi connectivity index (χ0v) is 22.5. The second-order valence-corrected chi connectivity index (χ2v) is 8.39. The van der Waals surface area contributed by atoms with Gasteiger partial charge in [0.1, 0.15) is 0 Å². The van der Waals surface area contributed by atoms with Crippen molar-refractivity contribution >= 4 is 33.7 Å². The standard InChI is InChI=1S/2C12H16N2.C4H4O4.C2H6O/c2*1-14(2)8-7-10-9-13-12-6-4-3-5-11(10)12;5-3(6)1-2-4(7)8;1-2-3/h2*3-6,9,13H,7-8H2,1-2H3;1-2H,(H,5,6)(H,7,8);3H,2H2,1H3/b;;2-1+;/i2*1D3;;. The first kappa shape index (κ1) is 24.1. The SMILES string of the molecule is CCO.O=C(O)/C=C/C(=O)O.[2H]C([2H])([2H])N(C)CCc1c[nH]c2ccccc12.[2H]C([2H])([2H])N(C)CCc1c[nH]c2ccccc12. The van der Waals surface area contributed by atoms with Crippen LogP contribution in [0.15, 0.2) is 73.1 Å². The number of carbonyl (C=O) groups is 2. The number of nitrogens with zero attached hydrogens (tertiary/aromatic N) is 2. The molecule has 4 aromatic rings. The maximum absolute atomic E-state index is 9.55. The minimum absolute atomic E-state index is 0.250. The molecular formula is C30H42N4O5. The first-order chi connectivity index (χ1) is 21.0. The molecule has 0 radical (unpaired) electrons. The van der Waals surface area contributed by atoms with Gasteiger partial charge in [-0.05, 0) is 71.1 Å². The molecule has 0 atom stereocenters. The Morgan fingerprint density at radius 3 is 1.49 bits per heavy atom. The van der Waals surface area contributed by atoms with Crippen molar-refractivity contribution in [2.24, 2.45) is 0 Å². The van der Waals surface area contributed by atoms with E-state index in [1.54, 1.807) is 21.0 Å². The minimum atomic E-state index is -2.01. The summed E-state index contributed by atoms with van der Waals surface area (Å²) in [4.78, 5) is 28.3. The van der Waals surface area contributed by atoms with Gasteiger partial charge in [0.15, 0.2) is 0 Å². The van der Waals surface area contributed by atoms with Crippen LogP contribution < -0.4 is 0 Å². The lowest BCUT2D eigenvalue weighted by Crippen LogP contribution is -2.14. The van der Waals surface area contributed by atoms with Gasteiger partial charge in [-0.15, -0.1) is 0 Å². The number of aromatic nitrogens is 2. The lowest BCUT2D eigenvalue weighted by Gasteiger charge is -2.07. The van der Waals surface area contributed by atoms with Gasteiger partial charge < -0.3 is 35.1 Å². The van der Waals surface area contributed by atoms with Crippen molar-refractivity contribution in [3.05, 3.63) is 84.2 Å². The summed E-state index contributed by atoms with van der Waals surface area (Å²) in [5.74, 6) is -2.51. The largest absolute Gasteiger partial charge is 0.478 e. The number of H-pyrrole nitrogens is 2. The zero-order valence-electron chi connectivity index (χ0n) is 28.5. The Morgan fingerprint density at radius 1 is 0.795 bits per heavy atom. The van der Waals surface area contributed by atoms with Crippen LogP contribution in [0.4, 0.5) is 0 Å². The Labute approximate surface area is 238 Å². The van der Waals surface area contributed by atoms with Gasteiger partial charge in [0.05, 0.1) is 0 Å². The first-order valence-electron chi connectivity index (χ1n) is 15.3. The molecule has 0 saturated carbocycles. The molecule has 0 aliphatic heterocycles. The van der Waals surface area contributed by atoms with Crippen LogP contribution in [0.2, 0.25) is 0 Å². The number of benzene rings is 2. The summed E-state index contributed by atoms with van der Waals surface area (Å²) in [6.07, 6.45) is 6.50. The molecule has 9 nitrogen and oxygen atoms in total. The van der Waals surface area contributed by atoms with Crippen molar-refractivity contribution in [2.75, 3.05) is 47.7 Å². The summed E-state index contributed by atoms with van der Waals surface area (Å²) in [5.41, 5.74) is 4.52. The van der Waals surface area contributed by atoms with E-state index >= 15 is 0 Å². The number of carboxylic acid groups (broad SMARTS) is 2. The van der Waals surface area contributed by atoms with Crippen molar-refractivity contribution in [1.29, 1.82) is 0 Å². The summed E-state index contributed by atoms with van der Waals surface area (Å²) in [7, 11) is 3.25. The van der Waals surface area contributed by atoms with Gasteiger partial charge in [0, 0.05) is 74.3 Å². The van der Waals surface area contributed by atoms with Crippen molar-refractivity contribution < 1.29 is 33.1 Å². The Morgan fingerprint density at radius 2 is 1.15 bits per heavy atom. The lowest BCUT2D eigenvalue weighted by atomic mass is 10.1. The molecule has 2 aromatic heterocycles. The number of aliphatic hydroxyl groups is 1. The average Bonchev–Trinajstić information content (AvgIpc) is 3.57. The lowest BCUT2D eigenvalue weighted by molar-refractivity contribution is -0.134. The number of aliphatic carboxylic acids is 2. The number of rotatable bonds is 8. The van der Waals surface area contributed by atoms with E-state index in [1.807, 2.05) is 48.8 Å². The highest BCUT2D eigenvalue weighted by Gasteiger charge is 2.03. The average molecular weight is 545 g/mol. The molecule has 0 fully saturated rings. The van der Waals surface area contributed by atoms with Crippen LogP contribution in [0, 0.1) is 0 Å². The second-order valence-electron chi connectivity index (χ2n) is 8.39. The van der Waals surface area contributed by atoms with Gasteiger partial charge in [0.2, 0.25) is 0 Å². The summed E-state index contributed by atoms with van der Waals surface area (Å²) < 4.78 is 43.7. The van der Waals surface area contributed by atoms with Crippen molar-refractivity contribution in [3.63, 3.8) is 0 Å². The maximum atomic E-state index is 9.55. The predicted octanol–water partition coefficient (Wildman–Crippen LogP) is 4.25. The molecule has 0 spiro atoms. The normalized spacial score (nSPS) is 13.5. The van der Waals surface area contributed by atoms with Gasteiger partial charge in [-0.25, -0.2) is 9.59 Å². The van der Waals surface area contributed by atoms with E-state index in [9.17, 15) is 9.59 Å². The van der Waals surface area contributed by atoms with Gasteiger partial charge in [0.25, 0.3) is 0 Å². The highest BCUT2D eigenvalue weighted by Crippen LogP contribution is 2.18. The number of hydrogen-bond donors (Lipinski definition) is 5. The Kier molecular flexibility index (Phi) is 11.4. The third kappa shape index (κ3) is 13.4. The molecule has 5 N–H and O–H groups in total. The molecule has 0 aliphatic carbocycles. The van der Waals surface area contributed by atoms with Crippen molar-refractivity contribution in [1.82, 2.24) is 19.8 Å². The topological polar surface area (TPSA) is 133 Å². The number of hydrogen-bond acceptors (Lipinski definition) is 5. The third-order valence-corrected chi connectivity index (χ3v) is 5.15. The smallest absolute Gasteiger partial charge is 0.328 e. The fourth-order valence-corrected chi connectivity index (χ4v) is 3.40. The fourth-order valence-electron chi connectivity index (χ4n) is 3.40. The molecule has 0 saturated heterocycles. The van der Waals surface area contributed by atoms with Crippen LogP contribution in [-0.2, 0) is 22.4 Å². The van der Waals surface area contributed by atoms with E-state index < -0.39 is 25.9 Å². The number of aliphatic hydroxyl groups excluding tert-OH is 1. The Bertz CT molecular complexity index is 1390. The fraction of sp³-hybridized carbons (Fsp3) is 0.333. The third-order valence-electron chi connectivity index (χ3n) is 5.15. The van der Waals surface area contributed by atoms with E-state index in [0.717, 1.165) is 35.0 Å². The van der Waals surface area contributed by atoms with Crippen LogP contribution in [0.3, 0.4) is 0 Å². The highest BCUT2D eigenvalue weighted by molar-refractivity contribution is 5.89. The first-order valence-corrected chi connectivity index (χ1v) is 12.3. The highest BCUT2D eigenvalue weighted by atomic mass is 16.4. The van der Waals surface area contributed by atoms with Crippen LogP contribution in [0.25, 0.3) is 21.8 Å². The molecular weight excluding hydrogens is 496 g/mol. The monoisotopic (exact) mass is 544 g/mol. The molecule has 2 heterocycles. The molecule has 0 aliphatic rings. The van der Waals surface area contributed by atoms with E-state index in [1.165, 1.54) is 20.6 Å². The molecule has 0 amide bonds.